The van der Waals surface area contributed by atoms with Crippen LogP contribution in [0.5, 0.6) is 5.75 Å². The fourth-order valence-electron chi connectivity index (χ4n) is 1.41. The first-order valence-corrected chi connectivity index (χ1v) is 6.37. The smallest absolute Gasteiger partial charge is 0.244 e. The number of nitrogens with one attached hydrogen (secondary N) is 1. The second-order valence-corrected chi connectivity index (χ2v) is 4.15. The van der Waals surface area contributed by atoms with Crippen LogP contribution in [0.15, 0.2) is 30.3 Å². The van der Waals surface area contributed by atoms with Gasteiger partial charge < -0.3 is 10.1 Å². The van der Waals surface area contributed by atoms with E-state index in [1.807, 2.05) is 45.0 Å². The Labute approximate surface area is 109 Å². The minimum absolute atomic E-state index is 0.0572. The fraction of sp³-hybridized carbons (Fsp3) is 0.400. The number of rotatable bonds is 6. The van der Waals surface area contributed by atoms with Gasteiger partial charge in [0, 0.05) is 12.1 Å². The number of ether oxygens (including phenoxy) is 1. The standard InChI is InChI=1S/C15H21NO2/c1-4-12(3)16-15(17)11-8-13-6-9-14(10-7-13)18-5-2/h6-12H,4-5H2,1-3H3,(H,16,17). The molecule has 3 heteroatoms. The maximum Gasteiger partial charge on any atom is 0.244 e. The molecule has 1 N–H and O–H groups in total. The molecular formula is C15H21NO2. The van der Waals surface area contributed by atoms with Gasteiger partial charge in [-0.3, -0.25) is 4.79 Å². The van der Waals surface area contributed by atoms with Crippen molar-refractivity contribution < 1.29 is 9.53 Å². The molecule has 1 atom stereocenters. The number of hydrogen-bond donors (Lipinski definition) is 1. The predicted octanol–water partition coefficient (Wildman–Crippen LogP) is 3.01. The number of carbonyl (C=O) groups is 1. The first-order chi connectivity index (χ1) is 8.65. The highest BCUT2D eigenvalue weighted by molar-refractivity contribution is 5.91. The van der Waals surface area contributed by atoms with Crippen molar-refractivity contribution in [3.8, 4) is 5.75 Å². The van der Waals surface area contributed by atoms with Crippen molar-refractivity contribution in [2.24, 2.45) is 0 Å². The maximum atomic E-state index is 11.5. The number of amides is 1. The lowest BCUT2D eigenvalue weighted by Crippen LogP contribution is -2.30. The molecule has 0 radical (unpaired) electrons. The Balaban J connectivity index is 2.53. The van der Waals surface area contributed by atoms with Crippen molar-refractivity contribution in [2.45, 2.75) is 33.2 Å². The van der Waals surface area contributed by atoms with Crippen LogP contribution in [0.3, 0.4) is 0 Å². The van der Waals surface area contributed by atoms with E-state index in [9.17, 15) is 4.79 Å². The molecule has 0 aromatic heterocycles. The van der Waals surface area contributed by atoms with Crippen LogP contribution in [0.1, 0.15) is 32.8 Å². The molecule has 0 aliphatic carbocycles. The molecule has 0 spiro atoms. The molecule has 1 amide bonds. The van der Waals surface area contributed by atoms with Gasteiger partial charge in [-0.15, -0.1) is 0 Å². The van der Waals surface area contributed by atoms with Gasteiger partial charge in [0.15, 0.2) is 0 Å². The van der Waals surface area contributed by atoms with E-state index in [1.165, 1.54) is 0 Å². The van der Waals surface area contributed by atoms with Crippen LogP contribution >= 0.6 is 0 Å². The zero-order valence-electron chi connectivity index (χ0n) is 11.3. The second kappa shape index (κ2) is 7.54. The number of carbonyl (C=O) groups excluding carboxylic acids is 1. The average Bonchev–Trinajstić information content (AvgIpc) is 2.38. The van der Waals surface area contributed by atoms with Gasteiger partial charge in [-0.1, -0.05) is 19.1 Å². The van der Waals surface area contributed by atoms with E-state index in [0.29, 0.717) is 6.61 Å². The summed E-state index contributed by atoms with van der Waals surface area (Å²) in [6.07, 6.45) is 4.29. The van der Waals surface area contributed by atoms with Gasteiger partial charge in [0.1, 0.15) is 5.75 Å². The third-order valence-electron chi connectivity index (χ3n) is 2.62. The van der Waals surface area contributed by atoms with Crippen molar-refractivity contribution in [1.82, 2.24) is 5.32 Å². The van der Waals surface area contributed by atoms with Gasteiger partial charge in [-0.25, -0.2) is 0 Å². The van der Waals surface area contributed by atoms with Gasteiger partial charge in [0.05, 0.1) is 6.61 Å². The van der Waals surface area contributed by atoms with E-state index in [-0.39, 0.29) is 11.9 Å². The van der Waals surface area contributed by atoms with Crippen LogP contribution in [0, 0.1) is 0 Å². The minimum Gasteiger partial charge on any atom is -0.494 e. The molecule has 1 aromatic rings. The Morgan fingerprint density at radius 1 is 1.33 bits per heavy atom. The van der Waals surface area contributed by atoms with E-state index in [4.69, 9.17) is 4.74 Å². The topological polar surface area (TPSA) is 38.3 Å². The molecule has 3 nitrogen and oxygen atoms in total. The van der Waals surface area contributed by atoms with E-state index < -0.39 is 0 Å². The summed E-state index contributed by atoms with van der Waals surface area (Å²) in [5.41, 5.74) is 0.984. The Hall–Kier alpha value is -1.77. The summed E-state index contributed by atoms with van der Waals surface area (Å²) in [6.45, 7) is 6.64. The van der Waals surface area contributed by atoms with Crippen LogP contribution in [0.25, 0.3) is 6.08 Å². The molecule has 1 aromatic carbocycles. The van der Waals surface area contributed by atoms with Gasteiger partial charge in [0.2, 0.25) is 5.91 Å². The summed E-state index contributed by atoms with van der Waals surface area (Å²) in [5, 5.41) is 2.88. The van der Waals surface area contributed by atoms with Gasteiger partial charge in [-0.05, 0) is 44.0 Å². The Bertz CT molecular complexity index is 395. The maximum absolute atomic E-state index is 11.5. The van der Waals surface area contributed by atoms with Crippen molar-refractivity contribution in [2.75, 3.05) is 6.61 Å². The van der Waals surface area contributed by atoms with Crippen LogP contribution in [-0.2, 0) is 4.79 Å². The van der Waals surface area contributed by atoms with E-state index in [1.54, 1.807) is 12.2 Å². The SMILES string of the molecule is CCOc1ccc(C=CC(=O)NC(C)CC)cc1. The summed E-state index contributed by atoms with van der Waals surface area (Å²) in [6, 6.07) is 7.86. The van der Waals surface area contributed by atoms with E-state index in [0.717, 1.165) is 17.7 Å². The molecule has 1 rings (SSSR count). The Morgan fingerprint density at radius 2 is 2.00 bits per heavy atom. The molecular weight excluding hydrogens is 226 g/mol. The lowest BCUT2D eigenvalue weighted by atomic mass is 10.2. The van der Waals surface area contributed by atoms with Crippen molar-refractivity contribution in [3.05, 3.63) is 35.9 Å². The highest BCUT2D eigenvalue weighted by atomic mass is 16.5. The predicted molar refractivity (Wildman–Crippen MR) is 74.5 cm³/mol. The molecule has 0 saturated carbocycles. The van der Waals surface area contributed by atoms with Crippen LogP contribution in [0.2, 0.25) is 0 Å². The molecule has 0 fully saturated rings. The molecule has 0 aliphatic heterocycles. The molecule has 98 valence electrons. The normalized spacial score (nSPS) is 12.4. The van der Waals surface area contributed by atoms with Crippen LogP contribution in [-0.4, -0.2) is 18.6 Å². The van der Waals surface area contributed by atoms with Gasteiger partial charge >= 0.3 is 0 Å². The largest absolute Gasteiger partial charge is 0.494 e. The lowest BCUT2D eigenvalue weighted by molar-refractivity contribution is -0.117. The summed E-state index contributed by atoms with van der Waals surface area (Å²) in [4.78, 5) is 11.5. The monoisotopic (exact) mass is 247 g/mol. The summed E-state index contributed by atoms with van der Waals surface area (Å²) < 4.78 is 5.35. The van der Waals surface area contributed by atoms with Crippen molar-refractivity contribution in [3.63, 3.8) is 0 Å². The average molecular weight is 247 g/mol. The highest BCUT2D eigenvalue weighted by Gasteiger charge is 2.00. The first-order valence-electron chi connectivity index (χ1n) is 6.37. The second-order valence-electron chi connectivity index (χ2n) is 4.15. The van der Waals surface area contributed by atoms with Gasteiger partial charge in [0.25, 0.3) is 0 Å². The molecule has 1 unspecified atom stereocenters. The first kappa shape index (κ1) is 14.3. The zero-order valence-corrected chi connectivity index (χ0v) is 11.3. The molecule has 0 bridgehead atoms. The van der Waals surface area contributed by atoms with E-state index >= 15 is 0 Å². The quantitative estimate of drug-likeness (QED) is 0.785. The highest BCUT2D eigenvalue weighted by Crippen LogP contribution is 2.12. The van der Waals surface area contributed by atoms with Crippen LogP contribution < -0.4 is 10.1 Å². The summed E-state index contributed by atoms with van der Waals surface area (Å²) >= 11 is 0. The van der Waals surface area contributed by atoms with Crippen molar-refractivity contribution in [1.29, 1.82) is 0 Å². The lowest BCUT2D eigenvalue weighted by Gasteiger charge is -2.08. The Morgan fingerprint density at radius 3 is 2.56 bits per heavy atom. The third kappa shape index (κ3) is 5.04. The molecule has 0 heterocycles. The van der Waals surface area contributed by atoms with Crippen LogP contribution in [0.4, 0.5) is 0 Å². The summed E-state index contributed by atoms with van der Waals surface area (Å²) in [7, 11) is 0. The fourth-order valence-corrected chi connectivity index (χ4v) is 1.41. The van der Waals surface area contributed by atoms with Gasteiger partial charge in [-0.2, -0.15) is 0 Å². The third-order valence-corrected chi connectivity index (χ3v) is 2.62. The van der Waals surface area contributed by atoms with E-state index in [2.05, 4.69) is 5.32 Å². The number of benzene rings is 1. The summed E-state index contributed by atoms with van der Waals surface area (Å²) in [5.74, 6) is 0.789. The number of hydrogen-bond acceptors (Lipinski definition) is 2. The molecule has 0 saturated heterocycles. The zero-order chi connectivity index (χ0) is 13.4. The minimum atomic E-state index is -0.0572. The molecule has 0 aliphatic rings. The molecule has 18 heavy (non-hydrogen) atoms. The Kier molecular flexibility index (Phi) is 5.98. The van der Waals surface area contributed by atoms with Crippen molar-refractivity contribution >= 4 is 12.0 Å².